The fraction of sp³-hybridized carbons (Fsp3) is 0.348. The molecule has 2 heterocycles. The summed E-state index contributed by atoms with van der Waals surface area (Å²) in [5, 5.41) is 1.48. The number of rotatable bonds is 3. The first kappa shape index (κ1) is 18.6. The zero-order chi connectivity index (χ0) is 20.0. The van der Waals surface area contributed by atoms with Crippen LogP contribution in [0.5, 0.6) is 5.75 Å². The number of benzene rings is 2. The van der Waals surface area contributed by atoms with Crippen molar-refractivity contribution in [3.05, 3.63) is 73.8 Å². The van der Waals surface area contributed by atoms with E-state index in [0.717, 1.165) is 53.3 Å². The smallest absolute Gasteiger partial charge is 0.339 e. The van der Waals surface area contributed by atoms with E-state index in [9.17, 15) is 9.18 Å². The average molecular weight is 414 g/mol. The molecule has 0 unspecified atom stereocenters. The van der Waals surface area contributed by atoms with Crippen molar-refractivity contribution in [3.63, 3.8) is 0 Å². The standard InChI is InChI=1S/C23H21ClFNO3/c24-20-11-18-16-6-1-2-7-17(16)23(27)29-21(18)19-12-26(13-28-22(19)20)9-8-14-4-3-5-15(25)10-14/h3-5,10-11H,1-2,6-9,12-13H2. The summed E-state index contributed by atoms with van der Waals surface area (Å²) in [6.45, 7) is 1.66. The monoisotopic (exact) mass is 413 g/mol. The lowest BCUT2D eigenvalue weighted by atomic mass is 9.90. The Balaban J connectivity index is 1.49. The van der Waals surface area contributed by atoms with Gasteiger partial charge in [-0.3, -0.25) is 4.90 Å². The van der Waals surface area contributed by atoms with Crippen molar-refractivity contribution in [2.45, 2.75) is 38.6 Å². The highest BCUT2D eigenvalue weighted by atomic mass is 35.5. The lowest BCUT2D eigenvalue weighted by Gasteiger charge is -2.30. The van der Waals surface area contributed by atoms with Crippen LogP contribution in [-0.4, -0.2) is 18.2 Å². The molecule has 1 aromatic heterocycles. The van der Waals surface area contributed by atoms with Crippen LogP contribution in [0.1, 0.15) is 35.1 Å². The van der Waals surface area contributed by atoms with Crippen LogP contribution in [0, 0.1) is 5.82 Å². The molecule has 0 N–H and O–H groups in total. The van der Waals surface area contributed by atoms with Crippen molar-refractivity contribution >= 4 is 22.6 Å². The Kier molecular flexibility index (Phi) is 4.80. The fourth-order valence-electron chi connectivity index (χ4n) is 4.44. The van der Waals surface area contributed by atoms with E-state index < -0.39 is 0 Å². The third kappa shape index (κ3) is 3.43. The minimum atomic E-state index is -0.242. The van der Waals surface area contributed by atoms with Gasteiger partial charge in [-0.1, -0.05) is 23.7 Å². The molecule has 0 radical (unpaired) electrons. The number of ether oxygens (including phenoxy) is 1. The molecule has 1 aliphatic carbocycles. The lowest BCUT2D eigenvalue weighted by molar-refractivity contribution is 0.0968. The molecule has 3 aromatic rings. The molecule has 4 nitrogen and oxygen atoms in total. The Hall–Kier alpha value is -2.37. The first-order chi connectivity index (χ1) is 14.1. The summed E-state index contributed by atoms with van der Waals surface area (Å²) in [5.41, 5.74) is 3.97. The Labute approximate surface area is 172 Å². The normalized spacial score (nSPS) is 16.3. The molecule has 0 saturated heterocycles. The van der Waals surface area contributed by atoms with Gasteiger partial charge in [0.25, 0.3) is 0 Å². The topological polar surface area (TPSA) is 42.7 Å². The summed E-state index contributed by atoms with van der Waals surface area (Å²) in [4.78, 5) is 14.7. The number of nitrogens with zero attached hydrogens (tertiary/aromatic N) is 1. The molecule has 0 amide bonds. The van der Waals surface area contributed by atoms with Gasteiger partial charge in [-0.05, 0) is 61.4 Å². The van der Waals surface area contributed by atoms with Crippen LogP contribution in [0.4, 0.5) is 4.39 Å². The lowest BCUT2D eigenvalue weighted by Crippen LogP contribution is -2.34. The number of aryl methyl sites for hydroxylation is 1. The summed E-state index contributed by atoms with van der Waals surface area (Å²) in [6.07, 6.45) is 4.42. The molecule has 0 spiro atoms. The van der Waals surface area contributed by atoms with E-state index in [1.54, 1.807) is 12.1 Å². The molecule has 5 rings (SSSR count). The molecule has 0 fully saturated rings. The predicted octanol–water partition coefficient (Wildman–Crippen LogP) is 4.86. The van der Waals surface area contributed by atoms with Crippen molar-refractivity contribution < 1.29 is 13.5 Å². The minimum absolute atomic E-state index is 0.230. The van der Waals surface area contributed by atoms with Crippen LogP contribution in [-0.2, 0) is 25.8 Å². The van der Waals surface area contributed by atoms with Crippen LogP contribution in [0.2, 0.25) is 5.02 Å². The van der Waals surface area contributed by atoms with Gasteiger partial charge in [0, 0.05) is 24.0 Å². The van der Waals surface area contributed by atoms with Gasteiger partial charge in [-0.2, -0.15) is 0 Å². The second-order valence-corrected chi connectivity index (χ2v) is 8.21. The van der Waals surface area contributed by atoms with Crippen molar-refractivity contribution in [2.24, 2.45) is 0 Å². The van der Waals surface area contributed by atoms with Crippen molar-refractivity contribution in [1.82, 2.24) is 4.90 Å². The molecule has 0 saturated carbocycles. The zero-order valence-corrected chi connectivity index (χ0v) is 16.7. The molecule has 2 aliphatic rings. The van der Waals surface area contributed by atoms with E-state index >= 15 is 0 Å². The summed E-state index contributed by atoms with van der Waals surface area (Å²) in [7, 11) is 0. The van der Waals surface area contributed by atoms with Crippen LogP contribution in [0.25, 0.3) is 11.0 Å². The van der Waals surface area contributed by atoms with E-state index in [-0.39, 0.29) is 11.4 Å². The highest BCUT2D eigenvalue weighted by Gasteiger charge is 2.27. The fourth-order valence-corrected chi connectivity index (χ4v) is 4.72. The van der Waals surface area contributed by atoms with E-state index in [2.05, 4.69) is 4.90 Å². The Bertz CT molecular complexity index is 1160. The van der Waals surface area contributed by atoms with Crippen molar-refractivity contribution in [3.8, 4) is 5.75 Å². The number of halogens is 2. The third-order valence-electron chi connectivity index (χ3n) is 5.89. The molecule has 0 bridgehead atoms. The quantitative estimate of drug-likeness (QED) is 0.575. The van der Waals surface area contributed by atoms with E-state index in [4.69, 9.17) is 20.8 Å². The van der Waals surface area contributed by atoms with Crippen LogP contribution in [0.15, 0.2) is 39.5 Å². The van der Waals surface area contributed by atoms with E-state index in [1.165, 1.54) is 6.07 Å². The Morgan fingerprint density at radius 1 is 1.10 bits per heavy atom. The number of fused-ring (bicyclic) bond motifs is 5. The van der Waals surface area contributed by atoms with Gasteiger partial charge in [0.1, 0.15) is 23.9 Å². The van der Waals surface area contributed by atoms with E-state index in [1.807, 2.05) is 12.1 Å². The maximum Gasteiger partial charge on any atom is 0.339 e. The van der Waals surface area contributed by atoms with Crippen molar-refractivity contribution in [1.29, 1.82) is 0 Å². The van der Waals surface area contributed by atoms with Crippen molar-refractivity contribution in [2.75, 3.05) is 13.3 Å². The molecular weight excluding hydrogens is 393 g/mol. The van der Waals surface area contributed by atoms with Gasteiger partial charge < -0.3 is 9.15 Å². The Morgan fingerprint density at radius 3 is 2.76 bits per heavy atom. The number of hydrogen-bond acceptors (Lipinski definition) is 4. The maximum absolute atomic E-state index is 13.4. The molecule has 2 aromatic carbocycles. The highest BCUT2D eigenvalue weighted by molar-refractivity contribution is 6.33. The summed E-state index contributed by atoms with van der Waals surface area (Å²) in [6, 6.07) is 8.51. The first-order valence-corrected chi connectivity index (χ1v) is 10.4. The summed E-state index contributed by atoms with van der Waals surface area (Å²) in [5.74, 6) is 0.368. The molecule has 6 heteroatoms. The summed E-state index contributed by atoms with van der Waals surface area (Å²) >= 11 is 6.54. The average Bonchev–Trinajstić information content (AvgIpc) is 2.73. The van der Waals surface area contributed by atoms with Gasteiger partial charge in [-0.25, -0.2) is 9.18 Å². The maximum atomic E-state index is 13.4. The largest absolute Gasteiger partial charge is 0.476 e. The van der Waals surface area contributed by atoms with Gasteiger partial charge in [0.2, 0.25) is 0 Å². The van der Waals surface area contributed by atoms with Crippen LogP contribution in [0.3, 0.4) is 0 Å². The highest BCUT2D eigenvalue weighted by Crippen LogP contribution is 2.40. The van der Waals surface area contributed by atoms with Gasteiger partial charge in [-0.15, -0.1) is 0 Å². The second-order valence-electron chi connectivity index (χ2n) is 7.80. The SMILES string of the molecule is O=c1oc2c3c(c(Cl)cc2c2c1CCCC2)OCN(CCc1cccc(F)c1)C3. The molecule has 29 heavy (non-hydrogen) atoms. The minimum Gasteiger partial charge on any atom is -0.476 e. The molecule has 1 aliphatic heterocycles. The van der Waals surface area contributed by atoms with E-state index in [0.29, 0.717) is 42.6 Å². The second kappa shape index (κ2) is 7.47. The summed E-state index contributed by atoms with van der Waals surface area (Å²) < 4.78 is 25.1. The molecule has 150 valence electrons. The molecular formula is C23H21ClFNO3. The number of hydrogen-bond donors (Lipinski definition) is 0. The predicted molar refractivity (Wildman–Crippen MR) is 110 cm³/mol. The molecule has 0 atom stereocenters. The van der Waals surface area contributed by atoms with Gasteiger partial charge >= 0.3 is 5.63 Å². The Morgan fingerprint density at radius 2 is 1.93 bits per heavy atom. The zero-order valence-electron chi connectivity index (χ0n) is 16.0. The third-order valence-corrected chi connectivity index (χ3v) is 6.17. The van der Waals surface area contributed by atoms with Crippen LogP contribution >= 0.6 is 11.6 Å². The van der Waals surface area contributed by atoms with Gasteiger partial charge in [0.05, 0.1) is 10.6 Å². The first-order valence-electron chi connectivity index (χ1n) is 9.99. The van der Waals surface area contributed by atoms with Crippen LogP contribution < -0.4 is 10.4 Å². The van der Waals surface area contributed by atoms with Gasteiger partial charge in [0.15, 0.2) is 0 Å².